The van der Waals surface area contributed by atoms with Crippen LogP contribution in [0.4, 0.5) is 13.2 Å². The highest BCUT2D eigenvalue weighted by Gasteiger charge is 2.32. The summed E-state index contributed by atoms with van der Waals surface area (Å²) in [6, 6.07) is 3.28. The van der Waals surface area contributed by atoms with Crippen molar-refractivity contribution in [1.29, 1.82) is 0 Å². The van der Waals surface area contributed by atoms with Crippen LogP contribution in [-0.2, 0) is 0 Å². The third kappa shape index (κ3) is 5.12. The van der Waals surface area contributed by atoms with Crippen molar-refractivity contribution >= 4 is 0 Å². The zero-order valence-corrected chi connectivity index (χ0v) is 16.9. The number of hydrogen-bond donors (Lipinski definition) is 0. The minimum Gasteiger partial charge on any atom is -0.491 e. The first-order valence-corrected chi connectivity index (χ1v) is 11.0. The first-order chi connectivity index (χ1) is 13.6. The highest BCUT2D eigenvalue weighted by Crippen LogP contribution is 2.45. The smallest absolute Gasteiger partial charge is 0.200 e. The summed E-state index contributed by atoms with van der Waals surface area (Å²) < 4.78 is 46.1. The Morgan fingerprint density at radius 2 is 1.57 bits per heavy atom. The molecule has 0 radical (unpaired) electrons. The van der Waals surface area contributed by atoms with Gasteiger partial charge in [0.05, 0.1) is 13.3 Å². The summed E-state index contributed by atoms with van der Waals surface area (Å²) in [5.41, 5.74) is 0.515. The van der Waals surface area contributed by atoms with E-state index < -0.39 is 11.6 Å². The number of hydrogen-bond acceptors (Lipinski definition) is 1. The Hall–Kier alpha value is -1.45. The van der Waals surface area contributed by atoms with E-state index in [0.29, 0.717) is 30.4 Å². The molecule has 0 aliphatic heterocycles. The summed E-state index contributed by atoms with van der Waals surface area (Å²) in [4.78, 5) is 0. The first kappa shape index (κ1) is 21.3. The predicted molar refractivity (Wildman–Crippen MR) is 107 cm³/mol. The Bertz CT molecular complexity index is 641. The average Bonchev–Trinajstić information content (AvgIpc) is 2.73. The van der Waals surface area contributed by atoms with Crippen molar-refractivity contribution in [3.63, 3.8) is 0 Å². The second-order valence-electron chi connectivity index (χ2n) is 8.41. The van der Waals surface area contributed by atoms with Gasteiger partial charge >= 0.3 is 0 Å². The van der Waals surface area contributed by atoms with Crippen molar-refractivity contribution in [3.8, 4) is 5.75 Å². The minimum atomic E-state index is -0.847. The fourth-order valence-corrected chi connectivity index (χ4v) is 5.19. The van der Waals surface area contributed by atoms with Crippen LogP contribution in [0.25, 0.3) is 0 Å². The molecule has 2 fully saturated rings. The van der Waals surface area contributed by atoms with Gasteiger partial charge in [-0.2, -0.15) is 4.39 Å². The molecule has 0 N–H and O–H groups in total. The number of ether oxygens (including phenoxy) is 1. The van der Waals surface area contributed by atoms with Gasteiger partial charge in [0.1, 0.15) is 0 Å². The molecule has 156 valence electrons. The summed E-state index contributed by atoms with van der Waals surface area (Å²) in [5, 5.41) is 0. The fraction of sp³-hybridized carbons (Fsp3) is 0.667. The molecule has 1 aromatic carbocycles. The lowest BCUT2D eigenvalue weighted by molar-refractivity contribution is 0.170. The largest absolute Gasteiger partial charge is 0.491 e. The molecular formula is C24H33F3O. The standard InChI is InChI=1S/C24H33F3O/c1-2-28-22-15-14-21(23(26)24(22)27)20-12-10-19(11-13-20)18-8-6-17(7-9-18)5-3-4-16-25/h3,5,14-15,17-20H,2,4,6-13,16H2,1H3/b5-3+. The second kappa shape index (κ2) is 10.4. The molecule has 1 aromatic rings. The molecule has 2 saturated carbocycles. The summed E-state index contributed by atoms with van der Waals surface area (Å²) in [6.07, 6.45) is 13.7. The molecule has 0 atom stereocenters. The zero-order valence-electron chi connectivity index (χ0n) is 16.9. The van der Waals surface area contributed by atoms with Crippen LogP contribution in [0.3, 0.4) is 0 Å². The average molecular weight is 395 g/mol. The SMILES string of the molecule is CCOc1ccc(C2CCC(C3CCC(/C=C/CCF)CC3)CC2)c(F)c1F. The van der Waals surface area contributed by atoms with E-state index >= 15 is 0 Å². The van der Waals surface area contributed by atoms with E-state index in [1.54, 1.807) is 19.1 Å². The molecule has 0 bridgehead atoms. The lowest BCUT2D eigenvalue weighted by Crippen LogP contribution is -2.25. The van der Waals surface area contributed by atoms with E-state index in [-0.39, 0.29) is 18.3 Å². The lowest BCUT2D eigenvalue weighted by atomic mass is 9.68. The lowest BCUT2D eigenvalue weighted by Gasteiger charge is -2.37. The second-order valence-corrected chi connectivity index (χ2v) is 8.41. The normalized spacial score (nSPS) is 28.6. The van der Waals surface area contributed by atoms with Crippen LogP contribution >= 0.6 is 0 Å². The van der Waals surface area contributed by atoms with Crippen LogP contribution in [0.15, 0.2) is 24.3 Å². The van der Waals surface area contributed by atoms with E-state index in [9.17, 15) is 13.2 Å². The van der Waals surface area contributed by atoms with E-state index in [1.165, 1.54) is 25.7 Å². The van der Waals surface area contributed by atoms with Gasteiger partial charge in [0.2, 0.25) is 5.82 Å². The van der Waals surface area contributed by atoms with Gasteiger partial charge < -0.3 is 4.74 Å². The van der Waals surface area contributed by atoms with Crippen molar-refractivity contribution < 1.29 is 17.9 Å². The molecule has 1 nitrogen and oxygen atoms in total. The van der Waals surface area contributed by atoms with Crippen LogP contribution in [-0.4, -0.2) is 13.3 Å². The van der Waals surface area contributed by atoms with Crippen molar-refractivity contribution in [2.75, 3.05) is 13.3 Å². The highest BCUT2D eigenvalue weighted by atomic mass is 19.2. The van der Waals surface area contributed by atoms with Gasteiger partial charge in [0.25, 0.3) is 0 Å². The van der Waals surface area contributed by atoms with Gasteiger partial charge in [-0.1, -0.05) is 18.2 Å². The molecule has 0 heterocycles. The van der Waals surface area contributed by atoms with Crippen molar-refractivity contribution in [2.45, 2.75) is 70.6 Å². The molecule has 28 heavy (non-hydrogen) atoms. The molecule has 2 aliphatic rings. The molecule has 0 spiro atoms. The number of allylic oxidation sites excluding steroid dienone is 2. The molecule has 4 heteroatoms. The third-order valence-corrected chi connectivity index (χ3v) is 6.76. The Morgan fingerprint density at radius 1 is 0.929 bits per heavy atom. The number of rotatable bonds is 7. The number of halogens is 3. The molecule has 3 rings (SSSR count). The monoisotopic (exact) mass is 394 g/mol. The van der Waals surface area contributed by atoms with Crippen LogP contribution in [0.2, 0.25) is 0 Å². The van der Waals surface area contributed by atoms with E-state index in [4.69, 9.17) is 4.74 Å². The van der Waals surface area contributed by atoms with Crippen LogP contribution < -0.4 is 4.74 Å². The van der Waals surface area contributed by atoms with Crippen LogP contribution in [0.5, 0.6) is 5.75 Å². The molecule has 0 saturated heterocycles. The summed E-state index contributed by atoms with van der Waals surface area (Å²) in [7, 11) is 0. The molecule has 0 amide bonds. The highest BCUT2D eigenvalue weighted by molar-refractivity contribution is 5.33. The van der Waals surface area contributed by atoms with E-state index in [1.807, 2.05) is 6.08 Å². The Morgan fingerprint density at radius 3 is 2.18 bits per heavy atom. The van der Waals surface area contributed by atoms with Gasteiger partial charge in [0, 0.05) is 0 Å². The van der Waals surface area contributed by atoms with E-state index in [0.717, 1.165) is 31.6 Å². The maximum atomic E-state index is 14.5. The van der Waals surface area contributed by atoms with Crippen LogP contribution in [0, 0.1) is 29.4 Å². The number of benzene rings is 1. The predicted octanol–water partition coefficient (Wildman–Crippen LogP) is 7.36. The molecular weight excluding hydrogens is 361 g/mol. The van der Waals surface area contributed by atoms with Gasteiger partial charge in [-0.3, -0.25) is 4.39 Å². The van der Waals surface area contributed by atoms with Gasteiger partial charge in [0.15, 0.2) is 11.6 Å². The van der Waals surface area contributed by atoms with Gasteiger partial charge in [-0.15, -0.1) is 0 Å². The Kier molecular flexibility index (Phi) is 7.87. The third-order valence-electron chi connectivity index (χ3n) is 6.76. The molecule has 0 aromatic heterocycles. The van der Waals surface area contributed by atoms with Crippen molar-refractivity contribution in [1.82, 2.24) is 0 Å². The molecule has 2 aliphatic carbocycles. The van der Waals surface area contributed by atoms with Crippen molar-refractivity contribution in [3.05, 3.63) is 41.5 Å². The maximum Gasteiger partial charge on any atom is 0.200 e. The quantitative estimate of drug-likeness (QED) is 0.439. The minimum absolute atomic E-state index is 0.00904. The van der Waals surface area contributed by atoms with Crippen molar-refractivity contribution in [2.24, 2.45) is 17.8 Å². The number of alkyl halides is 1. The maximum absolute atomic E-state index is 14.5. The van der Waals surface area contributed by atoms with Gasteiger partial charge in [-0.05, 0) is 100 Å². The first-order valence-electron chi connectivity index (χ1n) is 11.0. The molecule has 0 unspecified atom stereocenters. The topological polar surface area (TPSA) is 9.23 Å². The summed E-state index contributed by atoms with van der Waals surface area (Å²) >= 11 is 0. The Balaban J connectivity index is 1.51. The zero-order chi connectivity index (χ0) is 19.9. The summed E-state index contributed by atoms with van der Waals surface area (Å²) in [5.74, 6) is 0.628. The fourth-order valence-electron chi connectivity index (χ4n) is 5.19. The van der Waals surface area contributed by atoms with Gasteiger partial charge in [-0.25, -0.2) is 4.39 Å². The van der Waals surface area contributed by atoms with Crippen LogP contribution in [0.1, 0.15) is 76.2 Å². The Labute approximate surface area is 167 Å². The summed E-state index contributed by atoms with van der Waals surface area (Å²) in [6.45, 7) is 1.82. The van der Waals surface area contributed by atoms with E-state index in [2.05, 4.69) is 6.08 Å².